The lowest BCUT2D eigenvalue weighted by Crippen LogP contribution is -2.54. The monoisotopic (exact) mass is 559 g/mol. The molecule has 5 N–H and O–H groups in total. The Hall–Kier alpha value is -3.91. The molecule has 2 atom stereocenters. The number of rotatable bonds is 12. The molecule has 4 rings (SSSR count). The molecule has 1 fully saturated rings. The smallest absolute Gasteiger partial charge is 0.315 e. The minimum atomic E-state index is -0.615. The second-order valence-electron chi connectivity index (χ2n) is 10.5. The Morgan fingerprint density at radius 1 is 1.00 bits per heavy atom. The molecule has 1 saturated heterocycles. The summed E-state index contributed by atoms with van der Waals surface area (Å²) < 4.78 is 0. The number of likely N-dealkylation sites (tertiary alicyclic amines) is 1. The number of nitrogens with two attached hydrogens (primary N) is 1. The molecule has 2 unspecified atom stereocenters. The summed E-state index contributed by atoms with van der Waals surface area (Å²) in [5, 5.41) is 10.6. The van der Waals surface area contributed by atoms with E-state index < -0.39 is 6.04 Å². The zero-order chi connectivity index (χ0) is 29.3. The summed E-state index contributed by atoms with van der Waals surface area (Å²) in [5.41, 5.74) is 7.90. The first-order valence-corrected chi connectivity index (χ1v) is 14.8. The number of nitrogens with one attached hydrogen (secondary N) is 3. The lowest BCUT2D eigenvalue weighted by molar-refractivity contribution is -0.135. The third-order valence-corrected chi connectivity index (χ3v) is 7.26. The van der Waals surface area contributed by atoms with Gasteiger partial charge in [0.05, 0.1) is 0 Å². The molecule has 4 amide bonds. The van der Waals surface area contributed by atoms with E-state index in [0.717, 1.165) is 68.1 Å². The number of carbonyl (C=O) groups is 3. The van der Waals surface area contributed by atoms with Crippen molar-refractivity contribution in [1.82, 2.24) is 20.9 Å². The molecular weight excluding hydrogens is 514 g/mol. The van der Waals surface area contributed by atoms with Crippen LogP contribution in [0.4, 0.5) is 4.79 Å². The number of amides is 4. The van der Waals surface area contributed by atoms with Crippen LogP contribution in [0.1, 0.15) is 43.7 Å². The molecular formula is C33H45N5O3. The van der Waals surface area contributed by atoms with Crippen molar-refractivity contribution >= 4 is 29.1 Å². The van der Waals surface area contributed by atoms with E-state index in [1.54, 1.807) is 0 Å². The molecule has 3 aromatic carbocycles. The number of nitrogens with zero attached hydrogens (tertiary/aromatic N) is 1. The minimum Gasteiger partial charge on any atom is -0.359 e. The molecule has 0 radical (unpaired) electrons. The number of unbranched alkanes of at least 4 members (excludes halogenated alkanes) is 1. The SMILES string of the molecule is CCNC=O.NCCCCNC(=O)NC(Cc1ccc2ccccc2c1)C(=O)N1CCCC(Cc2ccccc2)C1. The maximum absolute atomic E-state index is 13.7. The molecule has 220 valence electrons. The van der Waals surface area contributed by atoms with Gasteiger partial charge in [-0.3, -0.25) is 9.59 Å². The zero-order valence-electron chi connectivity index (χ0n) is 24.2. The molecule has 0 saturated carbocycles. The van der Waals surface area contributed by atoms with Crippen molar-refractivity contribution in [2.45, 2.75) is 51.5 Å². The largest absolute Gasteiger partial charge is 0.359 e. The van der Waals surface area contributed by atoms with E-state index in [-0.39, 0.29) is 11.9 Å². The average molecular weight is 560 g/mol. The third kappa shape index (κ3) is 10.9. The second-order valence-corrected chi connectivity index (χ2v) is 10.5. The lowest BCUT2D eigenvalue weighted by atomic mass is 9.90. The van der Waals surface area contributed by atoms with Gasteiger partial charge in [-0.2, -0.15) is 0 Å². The maximum atomic E-state index is 13.7. The second kappa shape index (κ2) is 17.7. The van der Waals surface area contributed by atoms with Crippen LogP contribution in [0.5, 0.6) is 0 Å². The van der Waals surface area contributed by atoms with Gasteiger partial charge in [-0.25, -0.2) is 4.79 Å². The number of hydrogen-bond donors (Lipinski definition) is 4. The Labute approximate surface area is 244 Å². The van der Waals surface area contributed by atoms with Crippen molar-refractivity contribution in [3.63, 3.8) is 0 Å². The molecule has 8 nitrogen and oxygen atoms in total. The Balaban J connectivity index is 0.000000850. The van der Waals surface area contributed by atoms with Crippen molar-refractivity contribution in [3.8, 4) is 0 Å². The number of piperidine rings is 1. The first kappa shape index (κ1) is 31.6. The third-order valence-electron chi connectivity index (χ3n) is 7.26. The van der Waals surface area contributed by atoms with Crippen molar-refractivity contribution in [2.75, 3.05) is 32.7 Å². The van der Waals surface area contributed by atoms with Crippen LogP contribution >= 0.6 is 0 Å². The van der Waals surface area contributed by atoms with E-state index in [1.165, 1.54) is 5.56 Å². The summed E-state index contributed by atoms with van der Waals surface area (Å²) >= 11 is 0. The lowest BCUT2D eigenvalue weighted by Gasteiger charge is -2.35. The standard InChI is InChI=1S/C30H38N4O2.C3H7NO/c31-16-6-7-17-32-30(36)33-28(21-24-14-15-26-12-4-5-13-27(26)20-24)29(35)34-18-8-11-25(22-34)19-23-9-2-1-3-10-23;1-2-4-3-5/h1-5,9-10,12-15,20,25,28H,6-8,11,16-19,21-22,31H2,(H2,32,33,36);3H,2H2,1H3,(H,4,5). The Kier molecular flexibility index (Phi) is 13.7. The highest BCUT2D eigenvalue weighted by Gasteiger charge is 2.30. The van der Waals surface area contributed by atoms with Crippen LogP contribution in [0, 0.1) is 5.92 Å². The molecule has 1 aliphatic heterocycles. The molecule has 3 aromatic rings. The Bertz CT molecular complexity index is 1220. The number of benzene rings is 3. The van der Waals surface area contributed by atoms with E-state index >= 15 is 0 Å². The average Bonchev–Trinajstić information content (AvgIpc) is 3.00. The summed E-state index contributed by atoms with van der Waals surface area (Å²) in [4.78, 5) is 37.7. The van der Waals surface area contributed by atoms with Gasteiger partial charge in [0.2, 0.25) is 12.3 Å². The van der Waals surface area contributed by atoms with Gasteiger partial charge in [-0.15, -0.1) is 0 Å². The number of fused-ring (bicyclic) bond motifs is 1. The number of carbonyl (C=O) groups excluding carboxylic acids is 3. The van der Waals surface area contributed by atoms with Gasteiger partial charge in [0.25, 0.3) is 0 Å². The predicted molar refractivity (Wildman–Crippen MR) is 165 cm³/mol. The first-order valence-electron chi connectivity index (χ1n) is 14.8. The minimum absolute atomic E-state index is 0.00183. The molecule has 0 aliphatic carbocycles. The van der Waals surface area contributed by atoms with Crippen LogP contribution in [0.2, 0.25) is 0 Å². The fourth-order valence-corrected chi connectivity index (χ4v) is 5.17. The fourth-order valence-electron chi connectivity index (χ4n) is 5.17. The molecule has 0 aromatic heterocycles. The van der Waals surface area contributed by atoms with Gasteiger partial charge in [0.1, 0.15) is 6.04 Å². The van der Waals surface area contributed by atoms with Crippen LogP contribution < -0.4 is 21.7 Å². The van der Waals surface area contributed by atoms with Crippen molar-refractivity contribution < 1.29 is 14.4 Å². The summed E-state index contributed by atoms with van der Waals surface area (Å²) in [5.74, 6) is 0.425. The van der Waals surface area contributed by atoms with E-state index in [0.29, 0.717) is 31.8 Å². The van der Waals surface area contributed by atoms with Gasteiger partial charge in [-0.05, 0) is 73.4 Å². The van der Waals surface area contributed by atoms with Gasteiger partial charge in [0, 0.05) is 32.6 Å². The number of urea groups is 1. The quantitative estimate of drug-likeness (QED) is 0.198. The molecule has 1 heterocycles. The van der Waals surface area contributed by atoms with Gasteiger partial charge < -0.3 is 26.6 Å². The normalized spacial score (nSPS) is 15.3. The van der Waals surface area contributed by atoms with Gasteiger partial charge in [0.15, 0.2) is 0 Å². The summed E-state index contributed by atoms with van der Waals surface area (Å²) in [6, 6.07) is 24.0. The Morgan fingerprint density at radius 2 is 1.76 bits per heavy atom. The van der Waals surface area contributed by atoms with Gasteiger partial charge >= 0.3 is 6.03 Å². The molecule has 0 spiro atoms. The molecule has 8 heteroatoms. The van der Waals surface area contributed by atoms with Crippen LogP contribution in [0.15, 0.2) is 72.8 Å². The van der Waals surface area contributed by atoms with Gasteiger partial charge in [-0.1, -0.05) is 72.8 Å². The van der Waals surface area contributed by atoms with Crippen LogP contribution in [-0.4, -0.2) is 62.0 Å². The summed E-state index contributed by atoms with van der Waals surface area (Å²) in [7, 11) is 0. The van der Waals surface area contributed by atoms with Crippen LogP contribution in [0.3, 0.4) is 0 Å². The van der Waals surface area contributed by atoms with E-state index in [4.69, 9.17) is 5.73 Å². The van der Waals surface area contributed by atoms with Crippen molar-refractivity contribution in [3.05, 3.63) is 83.9 Å². The maximum Gasteiger partial charge on any atom is 0.315 e. The predicted octanol–water partition coefficient (Wildman–Crippen LogP) is 4.02. The number of hydrogen-bond acceptors (Lipinski definition) is 4. The Morgan fingerprint density at radius 3 is 2.46 bits per heavy atom. The zero-order valence-corrected chi connectivity index (χ0v) is 24.2. The van der Waals surface area contributed by atoms with Crippen molar-refractivity contribution in [1.29, 1.82) is 0 Å². The highest BCUT2D eigenvalue weighted by atomic mass is 16.2. The molecule has 1 aliphatic rings. The molecule has 41 heavy (non-hydrogen) atoms. The van der Waals surface area contributed by atoms with Crippen LogP contribution in [-0.2, 0) is 22.4 Å². The summed E-state index contributed by atoms with van der Waals surface area (Å²) in [6.07, 6.45) is 5.88. The van der Waals surface area contributed by atoms with Crippen molar-refractivity contribution in [2.24, 2.45) is 11.7 Å². The van der Waals surface area contributed by atoms with E-state index in [2.05, 4.69) is 70.5 Å². The van der Waals surface area contributed by atoms with E-state index in [9.17, 15) is 14.4 Å². The highest BCUT2D eigenvalue weighted by molar-refractivity contribution is 5.88. The molecule has 0 bridgehead atoms. The van der Waals surface area contributed by atoms with Crippen LogP contribution in [0.25, 0.3) is 10.8 Å². The summed E-state index contributed by atoms with van der Waals surface area (Å²) in [6.45, 7) is 5.20. The highest BCUT2D eigenvalue weighted by Crippen LogP contribution is 2.23. The van der Waals surface area contributed by atoms with E-state index in [1.807, 2.05) is 30.0 Å². The fraction of sp³-hybridized carbons (Fsp3) is 0.424. The first-order chi connectivity index (χ1) is 20.0. The topological polar surface area (TPSA) is 117 Å².